The largest absolute Gasteiger partial charge is 0.623 e. The second-order valence-electron chi connectivity index (χ2n) is 3.69. The molecule has 1 saturated heterocycles. The molecule has 2 atom stereocenters. The van der Waals surface area contributed by atoms with E-state index in [1.54, 1.807) is 11.0 Å². The van der Waals surface area contributed by atoms with Gasteiger partial charge in [-0.25, -0.2) is 4.90 Å². The molecule has 2 heterocycles. The van der Waals surface area contributed by atoms with Gasteiger partial charge in [-0.2, -0.15) is 9.37 Å². The Labute approximate surface area is 96.2 Å². The maximum absolute atomic E-state index is 12.8. The zero-order valence-electron chi connectivity index (χ0n) is 8.54. The Morgan fingerprint density at radius 3 is 3.19 bits per heavy atom. The second-order valence-corrected chi connectivity index (χ2v) is 4.65. The maximum Gasteiger partial charge on any atom is 0.292 e. The predicted molar refractivity (Wildman–Crippen MR) is 59.9 cm³/mol. The van der Waals surface area contributed by atoms with E-state index in [9.17, 15) is 14.7 Å². The molecule has 1 aliphatic heterocycles. The summed E-state index contributed by atoms with van der Waals surface area (Å²) < 4.78 is 11.8. The molecule has 0 aromatic carbocycles. The van der Waals surface area contributed by atoms with Crippen LogP contribution in [0, 0.1) is 10.3 Å². The number of hydroxylamine groups is 2. The normalized spacial score (nSPS) is 30.8. The van der Waals surface area contributed by atoms with Gasteiger partial charge < -0.3 is 10.3 Å². The molecule has 0 bridgehead atoms. The molecule has 2 rings (SSSR count). The quantitative estimate of drug-likeness (QED) is 0.487. The first-order chi connectivity index (χ1) is 7.56. The predicted octanol–water partition coefficient (Wildman–Crippen LogP) is 0.865. The average Bonchev–Trinajstić information content (AvgIpc) is 2.75. The van der Waals surface area contributed by atoms with Crippen molar-refractivity contribution in [3.63, 3.8) is 0 Å². The molecule has 0 saturated carbocycles. The molecule has 0 aliphatic carbocycles. The Bertz CT molecular complexity index is 400. The second kappa shape index (κ2) is 4.19. The van der Waals surface area contributed by atoms with E-state index in [0.717, 1.165) is 6.20 Å². The number of hydrogen-bond donors (Lipinski definition) is 1. The van der Waals surface area contributed by atoms with Crippen molar-refractivity contribution in [1.29, 1.82) is 0 Å². The number of aliphatic hydroxyl groups excluding tert-OH is 1. The van der Waals surface area contributed by atoms with Crippen molar-refractivity contribution >= 4 is 16.5 Å². The van der Waals surface area contributed by atoms with Gasteiger partial charge in [0, 0.05) is 6.54 Å². The molecule has 1 aromatic rings. The number of aliphatic hydroxyl groups is 1. The van der Waals surface area contributed by atoms with Crippen LogP contribution in [-0.2, 0) is 0 Å². The van der Waals surface area contributed by atoms with Crippen molar-refractivity contribution in [3.8, 4) is 0 Å². The zero-order valence-corrected chi connectivity index (χ0v) is 9.36. The molecule has 1 aliphatic rings. The van der Waals surface area contributed by atoms with E-state index in [0.29, 0.717) is 17.9 Å². The van der Waals surface area contributed by atoms with Gasteiger partial charge in [-0.15, -0.1) is 6.58 Å². The lowest BCUT2D eigenvalue weighted by Crippen LogP contribution is -2.48. The number of halogens is 1. The number of thiazole rings is 1. The van der Waals surface area contributed by atoms with Crippen LogP contribution in [0.4, 0.5) is 9.52 Å². The summed E-state index contributed by atoms with van der Waals surface area (Å²) in [6, 6.07) is 0. The van der Waals surface area contributed by atoms with Crippen LogP contribution in [0.25, 0.3) is 0 Å². The fourth-order valence-corrected chi connectivity index (χ4v) is 2.45. The summed E-state index contributed by atoms with van der Waals surface area (Å²) in [5, 5.41) is 21.6. The van der Waals surface area contributed by atoms with Gasteiger partial charge in [0.05, 0.1) is 12.7 Å². The molecule has 0 radical (unpaired) electrons. The lowest BCUT2D eigenvalue weighted by atomic mass is 10.5. The Morgan fingerprint density at radius 2 is 2.62 bits per heavy atom. The highest BCUT2D eigenvalue weighted by Crippen LogP contribution is 2.32. The first-order valence-corrected chi connectivity index (χ1v) is 5.60. The van der Waals surface area contributed by atoms with Gasteiger partial charge in [0.1, 0.15) is 6.67 Å². The van der Waals surface area contributed by atoms with E-state index in [1.165, 1.54) is 0 Å². The molecule has 0 amide bonds. The number of rotatable bonds is 3. The number of aromatic nitrogens is 1. The third kappa shape index (κ3) is 1.87. The number of hydrogen-bond acceptors (Lipinski definition) is 5. The van der Waals surface area contributed by atoms with E-state index in [-0.39, 0.29) is 18.3 Å². The highest BCUT2D eigenvalue weighted by molar-refractivity contribution is 7.13. The summed E-state index contributed by atoms with van der Waals surface area (Å²) in [7, 11) is 0. The van der Waals surface area contributed by atoms with Crippen LogP contribution in [0.15, 0.2) is 18.9 Å². The lowest BCUT2D eigenvalue weighted by Gasteiger charge is -2.36. The van der Waals surface area contributed by atoms with Crippen molar-refractivity contribution in [1.82, 2.24) is 14.5 Å². The van der Waals surface area contributed by atoms with Crippen LogP contribution < -0.4 is 4.65 Å². The van der Waals surface area contributed by atoms with E-state index in [2.05, 4.69) is 11.6 Å². The Morgan fingerprint density at radius 1 is 1.88 bits per heavy atom. The van der Waals surface area contributed by atoms with Gasteiger partial charge in [-0.1, -0.05) is 6.08 Å². The third-order valence-corrected chi connectivity index (χ3v) is 3.39. The van der Waals surface area contributed by atoms with Gasteiger partial charge >= 0.3 is 0 Å². The lowest BCUT2D eigenvalue weighted by molar-refractivity contribution is 0.0847. The fourth-order valence-electron chi connectivity index (χ4n) is 1.74. The molecular formula is C9H12FN3O2S. The smallest absolute Gasteiger partial charge is 0.292 e. The minimum atomic E-state index is -1.12. The topological polar surface area (TPSA) is 59.4 Å². The fraction of sp³-hybridized carbons (Fsp3) is 0.444. The van der Waals surface area contributed by atoms with Crippen LogP contribution in [0.2, 0.25) is 0 Å². The number of nitrogens with zero attached hydrogens (tertiary/aromatic N) is 3. The number of quaternary nitrogens is 1. The molecule has 2 unspecified atom stereocenters. The molecule has 1 N–H and O–H groups in total. The monoisotopic (exact) mass is 245 g/mol. The van der Waals surface area contributed by atoms with Crippen molar-refractivity contribution in [2.24, 2.45) is 0 Å². The van der Waals surface area contributed by atoms with Gasteiger partial charge in [0.15, 0.2) is 0 Å². The summed E-state index contributed by atoms with van der Waals surface area (Å²) >= 11 is 0.677. The van der Waals surface area contributed by atoms with Crippen molar-refractivity contribution in [2.75, 3.05) is 19.8 Å². The summed E-state index contributed by atoms with van der Waals surface area (Å²) in [4.78, 5) is 5.46. The summed E-state index contributed by atoms with van der Waals surface area (Å²) in [5.74, 6) is 0. The van der Waals surface area contributed by atoms with Crippen LogP contribution in [0.1, 0.15) is 0 Å². The van der Waals surface area contributed by atoms with E-state index in [4.69, 9.17) is 0 Å². The molecule has 7 heteroatoms. The first-order valence-electron chi connectivity index (χ1n) is 4.78. The first kappa shape index (κ1) is 11.6. The molecule has 16 heavy (non-hydrogen) atoms. The standard InChI is InChI=1S/C9H12FN3O2S/c1-2-3-12-5-8(14)13(15,6-12)9-11-4-7(10)16-9/h2,4,8,14H,1,3,5-6H2. The third-order valence-electron chi connectivity index (χ3n) is 2.49. The summed E-state index contributed by atoms with van der Waals surface area (Å²) in [6.07, 6.45) is 1.54. The average molecular weight is 245 g/mol. The number of β-amino-alcohol motifs (C(OH)–C–C–N with tert-alkyl or cyclic N) is 1. The SMILES string of the molecule is C=CCN1CC(O)[N+]([O-])(c2ncc(F)s2)C1. The van der Waals surface area contributed by atoms with Crippen LogP contribution in [0.3, 0.4) is 0 Å². The molecule has 0 spiro atoms. The summed E-state index contributed by atoms with van der Waals surface area (Å²) in [5.41, 5.74) is 0. The maximum atomic E-state index is 12.8. The van der Waals surface area contributed by atoms with E-state index >= 15 is 0 Å². The Balaban J connectivity index is 2.22. The summed E-state index contributed by atoms with van der Waals surface area (Å²) in [6.45, 7) is 4.41. The Hall–Kier alpha value is -0.860. The minimum Gasteiger partial charge on any atom is -0.623 e. The van der Waals surface area contributed by atoms with Crippen LogP contribution in [0.5, 0.6) is 0 Å². The molecular weight excluding hydrogens is 233 g/mol. The van der Waals surface area contributed by atoms with E-state index in [1.807, 2.05) is 0 Å². The van der Waals surface area contributed by atoms with Gasteiger partial charge in [-0.3, -0.25) is 4.65 Å². The Kier molecular flexibility index (Phi) is 3.04. The molecule has 5 nitrogen and oxygen atoms in total. The highest BCUT2D eigenvalue weighted by Gasteiger charge is 2.42. The van der Waals surface area contributed by atoms with Crippen molar-refractivity contribution in [3.05, 3.63) is 29.2 Å². The van der Waals surface area contributed by atoms with Gasteiger partial charge in [0.2, 0.25) is 11.4 Å². The molecule has 1 aromatic heterocycles. The molecule has 88 valence electrons. The van der Waals surface area contributed by atoms with Crippen molar-refractivity contribution < 1.29 is 9.50 Å². The van der Waals surface area contributed by atoms with Gasteiger partial charge in [0.25, 0.3) is 5.13 Å². The van der Waals surface area contributed by atoms with Crippen LogP contribution >= 0.6 is 11.3 Å². The zero-order chi connectivity index (χ0) is 11.8. The highest BCUT2D eigenvalue weighted by atomic mass is 32.1. The minimum absolute atomic E-state index is 0.0524. The molecule has 1 fully saturated rings. The van der Waals surface area contributed by atoms with Crippen LogP contribution in [-0.4, -0.2) is 41.0 Å². The van der Waals surface area contributed by atoms with E-state index < -0.39 is 16.0 Å². The van der Waals surface area contributed by atoms with Gasteiger partial charge in [-0.05, 0) is 11.3 Å². The van der Waals surface area contributed by atoms with Crippen molar-refractivity contribution in [2.45, 2.75) is 6.23 Å².